The second kappa shape index (κ2) is 9.84. The van der Waals surface area contributed by atoms with Gasteiger partial charge in [-0.25, -0.2) is 4.79 Å². The number of benzene rings is 1. The number of methoxy groups -OCH3 is 1. The van der Waals surface area contributed by atoms with Crippen LogP contribution in [0, 0.1) is 0 Å². The standard InChI is InChI=1S/C19H22ClNO6S/c1-5-11(3)21-18(23)15(28-19(21)24)9-12-7-13(20)17(14(8-12)26-6-2)27-10-16(22)25-4/h7-9,11H,5-6,10H2,1-4H3/b15-9+/t11-/m1/s1. The second-order valence-corrected chi connectivity index (χ2v) is 7.34. The lowest BCUT2D eigenvalue weighted by Gasteiger charge is -2.19. The molecule has 1 aliphatic rings. The zero-order valence-corrected chi connectivity index (χ0v) is 17.7. The van der Waals surface area contributed by atoms with E-state index in [4.69, 9.17) is 21.1 Å². The lowest BCUT2D eigenvalue weighted by molar-refractivity contribution is -0.142. The summed E-state index contributed by atoms with van der Waals surface area (Å²) in [5, 5.41) is -0.0815. The zero-order chi connectivity index (χ0) is 20.8. The number of hydrogen-bond acceptors (Lipinski definition) is 7. The smallest absolute Gasteiger partial charge is 0.343 e. The number of carbonyl (C=O) groups excluding carboxylic acids is 3. The molecule has 0 unspecified atom stereocenters. The van der Waals surface area contributed by atoms with Crippen LogP contribution in [0.15, 0.2) is 17.0 Å². The Morgan fingerprint density at radius 1 is 1.29 bits per heavy atom. The predicted molar refractivity (Wildman–Crippen MR) is 108 cm³/mol. The first-order chi connectivity index (χ1) is 13.3. The van der Waals surface area contributed by atoms with Gasteiger partial charge in [-0.05, 0) is 55.8 Å². The molecular formula is C19H22ClNO6S. The Labute approximate surface area is 172 Å². The maximum Gasteiger partial charge on any atom is 0.343 e. The summed E-state index contributed by atoms with van der Waals surface area (Å²) in [4.78, 5) is 37.6. The molecule has 1 atom stereocenters. The first-order valence-corrected chi connectivity index (χ1v) is 9.94. The van der Waals surface area contributed by atoms with Gasteiger partial charge in [-0.3, -0.25) is 14.5 Å². The third-order valence-corrected chi connectivity index (χ3v) is 5.21. The maximum atomic E-state index is 12.6. The van der Waals surface area contributed by atoms with Crippen molar-refractivity contribution in [3.8, 4) is 11.5 Å². The van der Waals surface area contributed by atoms with Gasteiger partial charge in [0.1, 0.15) is 0 Å². The molecule has 0 aliphatic carbocycles. The topological polar surface area (TPSA) is 82.1 Å². The van der Waals surface area contributed by atoms with Crippen LogP contribution in [0.3, 0.4) is 0 Å². The number of rotatable bonds is 8. The summed E-state index contributed by atoms with van der Waals surface area (Å²) in [6.45, 7) is 5.57. The largest absolute Gasteiger partial charge is 0.490 e. The third kappa shape index (κ3) is 4.99. The Hall–Kier alpha value is -2.19. The minimum absolute atomic E-state index is 0.171. The second-order valence-electron chi connectivity index (χ2n) is 5.94. The minimum atomic E-state index is -0.554. The fourth-order valence-electron chi connectivity index (χ4n) is 2.46. The molecular weight excluding hydrogens is 406 g/mol. The quantitative estimate of drug-likeness (QED) is 0.455. The molecule has 1 fully saturated rings. The van der Waals surface area contributed by atoms with Gasteiger partial charge in [0.25, 0.3) is 11.1 Å². The summed E-state index contributed by atoms with van der Waals surface area (Å²) < 4.78 is 15.5. The van der Waals surface area contributed by atoms with Crippen LogP contribution < -0.4 is 9.47 Å². The average Bonchev–Trinajstić information content (AvgIpc) is 2.93. The van der Waals surface area contributed by atoms with Crippen molar-refractivity contribution in [1.82, 2.24) is 4.90 Å². The highest BCUT2D eigenvalue weighted by atomic mass is 35.5. The zero-order valence-electron chi connectivity index (χ0n) is 16.1. The fourth-order valence-corrected chi connectivity index (χ4v) is 3.66. The summed E-state index contributed by atoms with van der Waals surface area (Å²) in [5.41, 5.74) is 0.577. The van der Waals surface area contributed by atoms with Crippen molar-refractivity contribution in [2.75, 3.05) is 20.3 Å². The van der Waals surface area contributed by atoms with Crippen LogP contribution in [-0.2, 0) is 14.3 Å². The fraction of sp³-hybridized carbons (Fsp3) is 0.421. The summed E-state index contributed by atoms with van der Waals surface area (Å²) in [6.07, 6.45) is 2.27. The van der Waals surface area contributed by atoms with Crippen LogP contribution >= 0.6 is 23.4 Å². The first kappa shape index (κ1) is 22.1. The van der Waals surface area contributed by atoms with E-state index in [0.717, 1.165) is 11.8 Å². The SMILES string of the molecule is CCOc1cc(/C=C2/SC(=O)N([C@H](C)CC)C2=O)cc(Cl)c1OCC(=O)OC. The lowest BCUT2D eigenvalue weighted by atomic mass is 10.1. The molecule has 28 heavy (non-hydrogen) atoms. The molecule has 0 bridgehead atoms. The number of amides is 2. The van der Waals surface area contributed by atoms with Crippen molar-refractivity contribution in [3.05, 3.63) is 27.6 Å². The molecule has 7 nitrogen and oxygen atoms in total. The van der Waals surface area contributed by atoms with Crippen molar-refractivity contribution < 1.29 is 28.6 Å². The van der Waals surface area contributed by atoms with E-state index in [-0.39, 0.29) is 34.6 Å². The van der Waals surface area contributed by atoms with E-state index in [0.29, 0.717) is 29.2 Å². The molecule has 2 amide bonds. The molecule has 2 rings (SSSR count). The van der Waals surface area contributed by atoms with E-state index in [1.54, 1.807) is 25.1 Å². The van der Waals surface area contributed by atoms with Gasteiger partial charge in [-0.1, -0.05) is 18.5 Å². The first-order valence-electron chi connectivity index (χ1n) is 8.75. The normalized spacial score (nSPS) is 16.5. The molecule has 1 aliphatic heterocycles. The molecule has 0 N–H and O–H groups in total. The van der Waals surface area contributed by atoms with E-state index < -0.39 is 5.97 Å². The number of ether oxygens (including phenoxy) is 3. The monoisotopic (exact) mass is 427 g/mol. The number of nitrogens with zero attached hydrogens (tertiary/aromatic N) is 1. The Morgan fingerprint density at radius 3 is 2.61 bits per heavy atom. The summed E-state index contributed by atoms with van der Waals surface area (Å²) >= 11 is 7.18. The van der Waals surface area contributed by atoms with Crippen molar-refractivity contribution in [1.29, 1.82) is 0 Å². The number of imide groups is 1. The average molecular weight is 428 g/mol. The van der Waals surface area contributed by atoms with Gasteiger partial charge in [0.2, 0.25) is 0 Å². The Bertz CT molecular complexity index is 810. The van der Waals surface area contributed by atoms with Crippen LogP contribution in [0.4, 0.5) is 4.79 Å². The van der Waals surface area contributed by atoms with Gasteiger partial charge in [0, 0.05) is 6.04 Å². The summed E-state index contributed by atoms with van der Waals surface area (Å²) in [6, 6.07) is 3.04. The highest BCUT2D eigenvalue weighted by Crippen LogP contribution is 2.39. The summed E-state index contributed by atoms with van der Waals surface area (Å²) in [5.74, 6) is -0.351. The van der Waals surface area contributed by atoms with E-state index >= 15 is 0 Å². The van der Waals surface area contributed by atoms with Crippen molar-refractivity contribution in [3.63, 3.8) is 0 Å². The molecule has 1 aromatic carbocycles. The van der Waals surface area contributed by atoms with Gasteiger partial charge in [0.05, 0.1) is 23.6 Å². The lowest BCUT2D eigenvalue weighted by Crippen LogP contribution is -2.36. The van der Waals surface area contributed by atoms with Crippen LogP contribution in [0.25, 0.3) is 6.08 Å². The van der Waals surface area contributed by atoms with Crippen molar-refractivity contribution in [2.24, 2.45) is 0 Å². The van der Waals surface area contributed by atoms with E-state index in [1.807, 2.05) is 13.8 Å². The van der Waals surface area contributed by atoms with Crippen LogP contribution in [0.2, 0.25) is 5.02 Å². The van der Waals surface area contributed by atoms with Crippen molar-refractivity contribution >= 4 is 46.6 Å². The molecule has 1 aromatic rings. The van der Waals surface area contributed by atoms with Gasteiger partial charge in [-0.2, -0.15) is 0 Å². The highest BCUT2D eigenvalue weighted by molar-refractivity contribution is 8.18. The Morgan fingerprint density at radius 2 is 2.00 bits per heavy atom. The third-order valence-electron chi connectivity index (χ3n) is 4.05. The molecule has 9 heteroatoms. The number of halogens is 1. The molecule has 152 valence electrons. The van der Waals surface area contributed by atoms with Crippen LogP contribution in [-0.4, -0.2) is 48.4 Å². The number of thioether (sulfide) groups is 1. The molecule has 0 spiro atoms. The number of hydrogen-bond donors (Lipinski definition) is 0. The molecule has 1 heterocycles. The van der Waals surface area contributed by atoms with E-state index in [1.165, 1.54) is 12.0 Å². The maximum absolute atomic E-state index is 12.6. The van der Waals surface area contributed by atoms with E-state index in [2.05, 4.69) is 4.74 Å². The molecule has 0 aromatic heterocycles. The van der Waals surface area contributed by atoms with Gasteiger partial charge < -0.3 is 14.2 Å². The van der Waals surface area contributed by atoms with Crippen molar-refractivity contribution in [2.45, 2.75) is 33.2 Å². The van der Waals surface area contributed by atoms with Crippen LogP contribution in [0.5, 0.6) is 11.5 Å². The van der Waals surface area contributed by atoms with E-state index in [9.17, 15) is 14.4 Å². The molecule has 0 saturated carbocycles. The predicted octanol–water partition coefficient (Wildman–Crippen LogP) is 4.13. The van der Waals surface area contributed by atoms with Gasteiger partial charge >= 0.3 is 5.97 Å². The summed E-state index contributed by atoms with van der Waals surface area (Å²) in [7, 11) is 1.26. The minimum Gasteiger partial charge on any atom is -0.490 e. The van der Waals surface area contributed by atoms with Gasteiger partial charge in [0.15, 0.2) is 18.1 Å². The van der Waals surface area contributed by atoms with Gasteiger partial charge in [-0.15, -0.1) is 0 Å². The number of esters is 1. The Balaban J connectivity index is 2.34. The molecule has 0 radical (unpaired) electrons. The molecule has 1 saturated heterocycles. The Kier molecular flexibility index (Phi) is 7.77. The van der Waals surface area contributed by atoms with Crippen LogP contribution in [0.1, 0.15) is 32.8 Å². The number of carbonyl (C=O) groups is 3. The highest BCUT2D eigenvalue weighted by Gasteiger charge is 2.37.